The van der Waals surface area contributed by atoms with Gasteiger partial charge in [-0.05, 0) is 43.0 Å². The van der Waals surface area contributed by atoms with Crippen molar-refractivity contribution < 1.29 is 0 Å². The summed E-state index contributed by atoms with van der Waals surface area (Å²) in [5, 5.41) is 0. The average Bonchev–Trinajstić information content (AvgIpc) is 2.34. The Bertz CT molecular complexity index is 549. The molecule has 18 heavy (non-hydrogen) atoms. The predicted octanol–water partition coefficient (Wildman–Crippen LogP) is 4.31. The molecule has 94 valence electrons. The molecule has 0 fully saturated rings. The summed E-state index contributed by atoms with van der Waals surface area (Å²) in [6, 6.07) is 14.7. The Morgan fingerprint density at radius 3 is 2.56 bits per heavy atom. The van der Waals surface area contributed by atoms with Crippen LogP contribution in [0, 0.1) is 13.8 Å². The molecule has 1 unspecified atom stereocenters. The first-order chi connectivity index (χ1) is 8.58. The van der Waals surface area contributed by atoms with Crippen molar-refractivity contribution in [2.75, 3.05) is 0 Å². The molecule has 2 aromatic carbocycles. The minimum Gasteiger partial charge on any atom is -0.324 e. The van der Waals surface area contributed by atoms with Crippen molar-refractivity contribution in [1.82, 2.24) is 0 Å². The van der Waals surface area contributed by atoms with Crippen LogP contribution in [0.2, 0.25) is 0 Å². The van der Waals surface area contributed by atoms with Crippen LogP contribution in [0.3, 0.4) is 0 Å². The molecule has 0 aliphatic heterocycles. The van der Waals surface area contributed by atoms with Gasteiger partial charge in [0, 0.05) is 10.5 Å². The Morgan fingerprint density at radius 2 is 1.83 bits per heavy atom. The molecule has 0 aliphatic carbocycles. The normalized spacial score (nSPS) is 12.4. The summed E-state index contributed by atoms with van der Waals surface area (Å²) in [6.07, 6.45) is 0.871. The van der Waals surface area contributed by atoms with Gasteiger partial charge in [0.25, 0.3) is 0 Å². The van der Waals surface area contributed by atoms with E-state index in [9.17, 15) is 0 Å². The molecule has 2 aromatic rings. The number of rotatable bonds is 3. The van der Waals surface area contributed by atoms with Gasteiger partial charge in [0.15, 0.2) is 0 Å². The van der Waals surface area contributed by atoms with Crippen molar-refractivity contribution in [2.45, 2.75) is 26.3 Å². The van der Waals surface area contributed by atoms with Crippen LogP contribution in [-0.2, 0) is 6.42 Å². The summed E-state index contributed by atoms with van der Waals surface area (Å²) in [4.78, 5) is 0. The maximum absolute atomic E-state index is 6.32. The Balaban J connectivity index is 2.24. The van der Waals surface area contributed by atoms with Gasteiger partial charge >= 0.3 is 0 Å². The molecule has 0 aromatic heterocycles. The Labute approximate surface area is 117 Å². The van der Waals surface area contributed by atoms with Crippen LogP contribution in [0.25, 0.3) is 0 Å². The SMILES string of the molecule is Cc1ccc(C)c(CC(N)c2ccccc2Br)c1. The highest BCUT2D eigenvalue weighted by Crippen LogP contribution is 2.25. The zero-order valence-corrected chi connectivity index (χ0v) is 12.4. The smallest absolute Gasteiger partial charge is 0.0347 e. The maximum Gasteiger partial charge on any atom is 0.0347 e. The molecule has 0 amide bonds. The topological polar surface area (TPSA) is 26.0 Å². The summed E-state index contributed by atoms with van der Waals surface area (Å²) >= 11 is 3.56. The largest absolute Gasteiger partial charge is 0.324 e. The first kappa shape index (κ1) is 13.3. The van der Waals surface area contributed by atoms with Gasteiger partial charge in [0.1, 0.15) is 0 Å². The maximum atomic E-state index is 6.32. The standard InChI is InChI=1S/C16H18BrN/c1-11-7-8-12(2)13(9-11)10-16(18)14-5-3-4-6-15(14)17/h3-9,16H,10,18H2,1-2H3. The molecule has 0 heterocycles. The van der Waals surface area contributed by atoms with Crippen LogP contribution in [0.1, 0.15) is 28.3 Å². The third kappa shape index (κ3) is 3.01. The molecular formula is C16H18BrN. The molecule has 2 rings (SSSR count). The quantitative estimate of drug-likeness (QED) is 0.898. The van der Waals surface area contributed by atoms with E-state index in [1.807, 2.05) is 18.2 Å². The van der Waals surface area contributed by atoms with E-state index in [0.29, 0.717) is 0 Å². The Hall–Kier alpha value is -1.12. The molecule has 0 aliphatic rings. The summed E-state index contributed by atoms with van der Waals surface area (Å²) in [7, 11) is 0. The van der Waals surface area contributed by atoms with Crippen molar-refractivity contribution in [3.05, 3.63) is 69.2 Å². The lowest BCUT2D eigenvalue weighted by Gasteiger charge is -2.16. The van der Waals surface area contributed by atoms with Crippen molar-refractivity contribution in [1.29, 1.82) is 0 Å². The molecule has 2 heteroatoms. The van der Waals surface area contributed by atoms with E-state index in [1.54, 1.807) is 0 Å². The molecular weight excluding hydrogens is 286 g/mol. The lowest BCUT2D eigenvalue weighted by molar-refractivity contribution is 0.715. The first-order valence-electron chi connectivity index (χ1n) is 6.14. The molecule has 1 nitrogen and oxygen atoms in total. The predicted molar refractivity (Wildman–Crippen MR) is 80.7 cm³/mol. The second kappa shape index (κ2) is 5.68. The summed E-state index contributed by atoms with van der Waals surface area (Å²) in [6.45, 7) is 4.26. The van der Waals surface area contributed by atoms with Gasteiger partial charge in [0.05, 0.1) is 0 Å². The molecule has 1 atom stereocenters. The molecule has 0 spiro atoms. The number of hydrogen-bond donors (Lipinski definition) is 1. The summed E-state index contributed by atoms with van der Waals surface area (Å²) in [5.41, 5.74) is 11.4. The minimum atomic E-state index is 0.0288. The number of aryl methyl sites for hydroxylation is 2. The monoisotopic (exact) mass is 303 g/mol. The average molecular weight is 304 g/mol. The fourth-order valence-corrected chi connectivity index (χ4v) is 2.72. The van der Waals surface area contributed by atoms with Gasteiger partial charge in [-0.25, -0.2) is 0 Å². The van der Waals surface area contributed by atoms with Crippen LogP contribution < -0.4 is 5.73 Å². The van der Waals surface area contributed by atoms with E-state index in [-0.39, 0.29) is 6.04 Å². The van der Waals surface area contributed by atoms with E-state index >= 15 is 0 Å². The van der Waals surface area contributed by atoms with Gasteiger partial charge in [-0.3, -0.25) is 0 Å². The number of nitrogens with two attached hydrogens (primary N) is 1. The number of hydrogen-bond acceptors (Lipinski definition) is 1. The van der Waals surface area contributed by atoms with E-state index in [0.717, 1.165) is 10.9 Å². The second-order valence-corrected chi connectivity index (χ2v) is 5.62. The van der Waals surface area contributed by atoms with Gasteiger partial charge in [-0.15, -0.1) is 0 Å². The van der Waals surface area contributed by atoms with Crippen LogP contribution in [0.5, 0.6) is 0 Å². The van der Waals surface area contributed by atoms with Gasteiger partial charge in [-0.2, -0.15) is 0 Å². The van der Waals surface area contributed by atoms with Gasteiger partial charge in [-0.1, -0.05) is 57.9 Å². The van der Waals surface area contributed by atoms with Crippen molar-refractivity contribution in [3.63, 3.8) is 0 Å². The van der Waals surface area contributed by atoms with E-state index in [1.165, 1.54) is 22.3 Å². The number of benzene rings is 2. The second-order valence-electron chi connectivity index (χ2n) is 4.76. The highest BCUT2D eigenvalue weighted by Gasteiger charge is 2.11. The lowest BCUT2D eigenvalue weighted by atomic mass is 9.95. The third-order valence-corrected chi connectivity index (χ3v) is 3.97. The van der Waals surface area contributed by atoms with Crippen LogP contribution in [0.4, 0.5) is 0 Å². The van der Waals surface area contributed by atoms with E-state index < -0.39 is 0 Å². The van der Waals surface area contributed by atoms with Crippen molar-refractivity contribution in [2.24, 2.45) is 5.73 Å². The lowest BCUT2D eigenvalue weighted by Crippen LogP contribution is -2.14. The molecule has 0 bridgehead atoms. The first-order valence-corrected chi connectivity index (χ1v) is 6.93. The molecule has 2 N–H and O–H groups in total. The molecule has 0 saturated carbocycles. The van der Waals surface area contributed by atoms with Crippen LogP contribution >= 0.6 is 15.9 Å². The Morgan fingerprint density at radius 1 is 1.11 bits per heavy atom. The van der Waals surface area contributed by atoms with Gasteiger partial charge < -0.3 is 5.73 Å². The number of halogens is 1. The minimum absolute atomic E-state index is 0.0288. The molecule has 0 saturated heterocycles. The van der Waals surface area contributed by atoms with E-state index in [4.69, 9.17) is 5.73 Å². The zero-order valence-electron chi connectivity index (χ0n) is 10.8. The highest BCUT2D eigenvalue weighted by atomic mass is 79.9. The van der Waals surface area contributed by atoms with Crippen molar-refractivity contribution in [3.8, 4) is 0 Å². The zero-order chi connectivity index (χ0) is 13.1. The molecule has 0 radical (unpaired) electrons. The fraction of sp³-hybridized carbons (Fsp3) is 0.250. The third-order valence-electron chi connectivity index (χ3n) is 3.25. The van der Waals surface area contributed by atoms with Crippen LogP contribution in [0.15, 0.2) is 46.9 Å². The fourth-order valence-electron chi connectivity index (χ4n) is 2.14. The van der Waals surface area contributed by atoms with Gasteiger partial charge in [0.2, 0.25) is 0 Å². The summed E-state index contributed by atoms with van der Waals surface area (Å²) < 4.78 is 1.09. The van der Waals surface area contributed by atoms with E-state index in [2.05, 4.69) is 54.0 Å². The van der Waals surface area contributed by atoms with Crippen molar-refractivity contribution >= 4 is 15.9 Å². The highest BCUT2D eigenvalue weighted by molar-refractivity contribution is 9.10. The van der Waals surface area contributed by atoms with Crippen LogP contribution in [-0.4, -0.2) is 0 Å². The Kier molecular flexibility index (Phi) is 4.20. The summed E-state index contributed by atoms with van der Waals surface area (Å²) in [5.74, 6) is 0.